The van der Waals surface area contributed by atoms with Crippen LogP contribution < -0.4 is 0 Å². The second-order valence-corrected chi connectivity index (χ2v) is 7.72. The minimum atomic E-state index is -1.29. The molecule has 4 nitrogen and oxygen atoms in total. The van der Waals surface area contributed by atoms with Gasteiger partial charge in [-0.2, -0.15) is 0 Å². The van der Waals surface area contributed by atoms with Gasteiger partial charge in [-0.05, 0) is 38.0 Å². The monoisotopic (exact) mass is 382 g/mol. The Kier molecular flexibility index (Phi) is 11.2. The topological polar surface area (TPSA) is 74.6 Å². The van der Waals surface area contributed by atoms with Gasteiger partial charge in [-0.3, -0.25) is 4.79 Å². The SMILES string of the molecule is C=C(F)[C@H](CC=C[C@H]1CCC(=O)[C@@H]1CCCCCC(O)C(=O)O)CCCC. The molecule has 27 heavy (non-hydrogen) atoms. The van der Waals surface area contributed by atoms with Crippen LogP contribution in [-0.2, 0) is 9.59 Å². The second-order valence-electron chi connectivity index (χ2n) is 7.72. The molecule has 0 aromatic carbocycles. The zero-order valence-electron chi connectivity index (χ0n) is 16.5. The highest BCUT2D eigenvalue weighted by Crippen LogP contribution is 2.34. The highest BCUT2D eigenvalue weighted by molar-refractivity contribution is 5.83. The van der Waals surface area contributed by atoms with Crippen LogP contribution in [0.4, 0.5) is 4.39 Å². The van der Waals surface area contributed by atoms with Crippen LogP contribution >= 0.6 is 0 Å². The third kappa shape index (κ3) is 8.83. The van der Waals surface area contributed by atoms with E-state index in [9.17, 15) is 19.1 Å². The van der Waals surface area contributed by atoms with Crippen LogP contribution in [0.3, 0.4) is 0 Å². The van der Waals surface area contributed by atoms with Crippen LogP contribution in [0.25, 0.3) is 0 Å². The summed E-state index contributed by atoms with van der Waals surface area (Å²) in [5.41, 5.74) is 0. The number of aliphatic hydroxyl groups is 1. The predicted molar refractivity (Wildman–Crippen MR) is 105 cm³/mol. The van der Waals surface area contributed by atoms with E-state index in [0.717, 1.165) is 44.9 Å². The van der Waals surface area contributed by atoms with Crippen LogP contribution in [-0.4, -0.2) is 28.1 Å². The molecule has 1 saturated carbocycles. The summed E-state index contributed by atoms with van der Waals surface area (Å²) < 4.78 is 13.5. The molecule has 0 bridgehead atoms. The minimum absolute atomic E-state index is 0.0216. The Morgan fingerprint density at radius 1 is 1.30 bits per heavy atom. The molecule has 0 aliphatic heterocycles. The number of carboxylic acid groups (broad SMARTS) is 1. The number of hydrogen-bond donors (Lipinski definition) is 2. The van der Waals surface area contributed by atoms with Crippen molar-refractivity contribution in [1.82, 2.24) is 0 Å². The van der Waals surface area contributed by atoms with Gasteiger partial charge in [0.1, 0.15) is 5.78 Å². The molecule has 1 fully saturated rings. The van der Waals surface area contributed by atoms with Crippen LogP contribution in [0.15, 0.2) is 24.6 Å². The molecule has 1 aliphatic rings. The predicted octanol–water partition coefficient (Wildman–Crippen LogP) is 5.21. The maximum absolute atomic E-state index is 13.5. The van der Waals surface area contributed by atoms with E-state index in [1.165, 1.54) is 0 Å². The van der Waals surface area contributed by atoms with Crippen molar-refractivity contribution in [2.75, 3.05) is 0 Å². The molecule has 0 spiro atoms. The number of unbranched alkanes of at least 4 members (excludes halogenated alkanes) is 3. The molecule has 0 saturated heterocycles. The summed E-state index contributed by atoms with van der Waals surface area (Å²) in [5.74, 6) is -1.02. The Morgan fingerprint density at radius 3 is 2.67 bits per heavy atom. The van der Waals surface area contributed by atoms with E-state index in [0.29, 0.717) is 25.0 Å². The highest BCUT2D eigenvalue weighted by atomic mass is 19.1. The van der Waals surface area contributed by atoms with Crippen molar-refractivity contribution < 1.29 is 24.2 Å². The number of allylic oxidation sites excluding steroid dienone is 3. The number of carbonyl (C=O) groups is 2. The zero-order valence-corrected chi connectivity index (χ0v) is 16.5. The first-order valence-corrected chi connectivity index (χ1v) is 10.3. The largest absolute Gasteiger partial charge is 0.479 e. The molecule has 154 valence electrons. The van der Waals surface area contributed by atoms with Crippen molar-refractivity contribution in [2.45, 2.75) is 83.7 Å². The number of rotatable bonds is 14. The molecule has 0 aromatic heterocycles. The van der Waals surface area contributed by atoms with E-state index in [1.54, 1.807) is 0 Å². The van der Waals surface area contributed by atoms with E-state index in [2.05, 4.69) is 19.6 Å². The van der Waals surface area contributed by atoms with Gasteiger partial charge in [0.2, 0.25) is 0 Å². The van der Waals surface area contributed by atoms with Crippen molar-refractivity contribution in [3.63, 3.8) is 0 Å². The van der Waals surface area contributed by atoms with E-state index in [1.807, 2.05) is 6.08 Å². The van der Waals surface area contributed by atoms with Crippen molar-refractivity contribution in [3.05, 3.63) is 24.6 Å². The molecule has 0 aromatic rings. The quantitative estimate of drug-likeness (QED) is 0.319. The average molecular weight is 383 g/mol. The first-order chi connectivity index (χ1) is 12.9. The molecule has 0 radical (unpaired) electrons. The molecular weight excluding hydrogens is 347 g/mol. The number of halogens is 1. The van der Waals surface area contributed by atoms with E-state index in [4.69, 9.17) is 5.11 Å². The number of Topliss-reactive ketones (excluding diaryl/α,β-unsaturated/α-hetero) is 1. The van der Waals surface area contributed by atoms with Gasteiger partial charge in [0.15, 0.2) is 6.10 Å². The van der Waals surface area contributed by atoms with Gasteiger partial charge < -0.3 is 10.2 Å². The standard InChI is InChI=1S/C22H35FO4/c1-3-4-9-17(16(2)23)10-8-11-18-14-15-20(24)19(18)12-6-5-7-13-21(25)22(26)27/h8,11,17-19,21,25H,2-7,9-10,12-15H2,1H3,(H,26,27)/t17-,18-,19+,21?/m0/s1. The summed E-state index contributed by atoms with van der Waals surface area (Å²) in [5, 5.41) is 17.9. The number of aliphatic hydroxyl groups excluding tert-OH is 1. The van der Waals surface area contributed by atoms with Gasteiger partial charge in [0, 0.05) is 18.3 Å². The second kappa shape index (κ2) is 12.8. The Labute approximate surface area is 162 Å². The molecule has 0 heterocycles. The van der Waals surface area contributed by atoms with Crippen molar-refractivity contribution >= 4 is 11.8 Å². The molecular formula is C22H35FO4. The maximum atomic E-state index is 13.5. The summed E-state index contributed by atoms with van der Waals surface area (Å²) in [7, 11) is 0. The third-order valence-corrected chi connectivity index (χ3v) is 5.59. The molecule has 1 rings (SSSR count). The van der Waals surface area contributed by atoms with Crippen LogP contribution in [0, 0.1) is 17.8 Å². The highest BCUT2D eigenvalue weighted by Gasteiger charge is 2.32. The zero-order chi connectivity index (χ0) is 20.2. The Bertz CT molecular complexity index is 514. The summed E-state index contributed by atoms with van der Waals surface area (Å²) in [6, 6.07) is 0. The normalized spacial score (nSPS) is 22.3. The molecule has 1 unspecified atom stereocenters. The lowest BCUT2D eigenvalue weighted by atomic mass is 9.88. The average Bonchev–Trinajstić information content (AvgIpc) is 2.97. The number of carbonyl (C=O) groups excluding carboxylic acids is 1. The summed E-state index contributed by atoms with van der Waals surface area (Å²) in [6.45, 7) is 5.55. The third-order valence-electron chi connectivity index (χ3n) is 5.59. The fraction of sp³-hybridized carbons (Fsp3) is 0.727. The Morgan fingerprint density at radius 2 is 2.04 bits per heavy atom. The number of carboxylic acids is 1. The van der Waals surface area contributed by atoms with Crippen LogP contribution in [0.1, 0.15) is 77.6 Å². The Balaban J connectivity index is 2.40. The molecule has 0 amide bonds. The summed E-state index contributed by atoms with van der Waals surface area (Å²) in [4.78, 5) is 22.7. The lowest BCUT2D eigenvalue weighted by Crippen LogP contribution is -2.19. The lowest BCUT2D eigenvalue weighted by Gasteiger charge is -2.16. The fourth-order valence-corrected chi connectivity index (χ4v) is 3.81. The van der Waals surface area contributed by atoms with Gasteiger partial charge in [-0.1, -0.05) is 57.8 Å². The van der Waals surface area contributed by atoms with Crippen LogP contribution in [0.2, 0.25) is 0 Å². The van der Waals surface area contributed by atoms with Gasteiger partial charge in [0.25, 0.3) is 0 Å². The molecule has 2 N–H and O–H groups in total. The first-order valence-electron chi connectivity index (χ1n) is 10.3. The van der Waals surface area contributed by atoms with Crippen LogP contribution in [0.5, 0.6) is 0 Å². The lowest BCUT2D eigenvalue weighted by molar-refractivity contribution is -0.147. The molecule has 1 aliphatic carbocycles. The fourth-order valence-electron chi connectivity index (χ4n) is 3.81. The number of hydrogen-bond acceptors (Lipinski definition) is 3. The van der Waals surface area contributed by atoms with E-state index < -0.39 is 12.1 Å². The summed E-state index contributed by atoms with van der Waals surface area (Å²) >= 11 is 0. The van der Waals surface area contributed by atoms with Gasteiger partial charge >= 0.3 is 5.97 Å². The van der Waals surface area contributed by atoms with Gasteiger partial charge in [-0.15, -0.1) is 0 Å². The van der Waals surface area contributed by atoms with Crippen molar-refractivity contribution in [3.8, 4) is 0 Å². The van der Waals surface area contributed by atoms with Crippen molar-refractivity contribution in [2.24, 2.45) is 17.8 Å². The van der Waals surface area contributed by atoms with E-state index in [-0.39, 0.29) is 30.0 Å². The number of ketones is 1. The van der Waals surface area contributed by atoms with Gasteiger partial charge in [-0.25, -0.2) is 9.18 Å². The Hall–Kier alpha value is -1.49. The number of aliphatic carboxylic acids is 1. The summed E-state index contributed by atoms with van der Waals surface area (Å²) in [6.07, 6.45) is 11.1. The minimum Gasteiger partial charge on any atom is -0.479 e. The molecule has 4 atom stereocenters. The van der Waals surface area contributed by atoms with Gasteiger partial charge in [0.05, 0.1) is 5.83 Å². The molecule has 5 heteroatoms. The smallest absolute Gasteiger partial charge is 0.332 e. The van der Waals surface area contributed by atoms with Crippen molar-refractivity contribution in [1.29, 1.82) is 0 Å². The van der Waals surface area contributed by atoms with E-state index >= 15 is 0 Å². The maximum Gasteiger partial charge on any atom is 0.332 e. The first kappa shape index (κ1) is 23.5.